The Kier molecular flexibility index (Phi) is 6.84. The van der Waals surface area contributed by atoms with Crippen LogP contribution in [-0.2, 0) is 16.0 Å². The topological polar surface area (TPSA) is 63.7 Å². The number of nitrogens with one attached hydrogen (secondary N) is 1. The van der Waals surface area contributed by atoms with Crippen LogP contribution < -0.4 is 15.0 Å². The van der Waals surface area contributed by atoms with Crippen LogP contribution in [0.5, 0.6) is 5.75 Å². The molecule has 162 valence electrons. The predicted octanol–water partition coefficient (Wildman–Crippen LogP) is 4.54. The maximum atomic E-state index is 12.6. The van der Waals surface area contributed by atoms with Gasteiger partial charge in [0.2, 0.25) is 5.91 Å². The SMILES string of the molecule is CCOc1ccc(-c2nc(CC(=O)Nc3ccc(N4CCOCC4)cc3C)cs2)cc1. The normalized spacial score (nSPS) is 13.8. The molecule has 1 N–H and O–H groups in total. The molecule has 1 aliphatic heterocycles. The van der Waals surface area contributed by atoms with Crippen molar-refractivity contribution in [2.45, 2.75) is 20.3 Å². The number of aromatic nitrogens is 1. The zero-order valence-corrected chi connectivity index (χ0v) is 18.7. The molecule has 0 atom stereocenters. The monoisotopic (exact) mass is 437 g/mol. The van der Waals surface area contributed by atoms with Gasteiger partial charge in [-0.05, 0) is 61.9 Å². The van der Waals surface area contributed by atoms with E-state index in [9.17, 15) is 4.79 Å². The summed E-state index contributed by atoms with van der Waals surface area (Å²) in [6.07, 6.45) is 0.248. The fourth-order valence-electron chi connectivity index (χ4n) is 3.55. The third kappa shape index (κ3) is 5.42. The van der Waals surface area contributed by atoms with E-state index in [1.807, 2.05) is 49.6 Å². The van der Waals surface area contributed by atoms with Gasteiger partial charge in [0.25, 0.3) is 0 Å². The van der Waals surface area contributed by atoms with Crippen LogP contribution in [0.4, 0.5) is 11.4 Å². The maximum absolute atomic E-state index is 12.6. The first kappa shape index (κ1) is 21.3. The van der Waals surface area contributed by atoms with Crippen molar-refractivity contribution >= 4 is 28.6 Å². The largest absolute Gasteiger partial charge is 0.494 e. The first-order valence-electron chi connectivity index (χ1n) is 10.5. The van der Waals surface area contributed by atoms with Gasteiger partial charge in [-0.2, -0.15) is 0 Å². The number of aryl methyl sites for hydroxylation is 1. The molecule has 0 bridgehead atoms. The van der Waals surface area contributed by atoms with Crippen molar-refractivity contribution in [1.82, 2.24) is 4.98 Å². The lowest BCUT2D eigenvalue weighted by Gasteiger charge is -2.29. The molecule has 2 aromatic carbocycles. The summed E-state index contributed by atoms with van der Waals surface area (Å²) in [5.41, 5.74) is 4.84. The van der Waals surface area contributed by atoms with Gasteiger partial charge in [0.1, 0.15) is 10.8 Å². The van der Waals surface area contributed by atoms with E-state index in [2.05, 4.69) is 27.3 Å². The summed E-state index contributed by atoms with van der Waals surface area (Å²) < 4.78 is 10.9. The van der Waals surface area contributed by atoms with E-state index >= 15 is 0 Å². The number of nitrogens with zero attached hydrogens (tertiary/aromatic N) is 2. The van der Waals surface area contributed by atoms with E-state index in [-0.39, 0.29) is 12.3 Å². The minimum Gasteiger partial charge on any atom is -0.494 e. The highest BCUT2D eigenvalue weighted by atomic mass is 32.1. The lowest BCUT2D eigenvalue weighted by molar-refractivity contribution is -0.115. The second-order valence-electron chi connectivity index (χ2n) is 7.42. The summed E-state index contributed by atoms with van der Waals surface area (Å²) in [6, 6.07) is 14.0. The van der Waals surface area contributed by atoms with Gasteiger partial charge in [0, 0.05) is 35.4 Å². The third-order valence-electron chi connectivity index (χ3n) is 5.17. The van der Waals surface area contributed by atoms with Gasteiger partial charge in [0.15, 0.2) is 0 Å². The van der Waals surface area contributed by atoms with Gasteiger partial charge in [0.05, 0.1) is 31.9 Å². The minimum absolute atomic E-state index is 0.0641. The summed E-state index contributed by atoms with van der Waals surface area (Å²) in [4.78, 5) is 19.5. The van der Waals surface area contributed by atoms with E-state index in [1.54, 1.807) is 11.3 Å². The summed E-state index contributed by atoms with van der Waals surface area (Å²) in [5.74, 6) is 0.781. The Bertz CT molecular complexity index is 1030. The summed E-state index contributed by atoms with van der Waals surface area (Å²) in [7, 11) is 0. The smallest absolute Gasteiger partial charge is 0.230 e. The molecule has 0 radical (unpaired) electrons. The Balaban J connectivity index is 1.36. The number of morpholine rings is 1. The fraction of sp³-hybridized carbons (Fsp3) is 0.333. The fourth-order valence-corrected chi connectivity index (χ4v) is 4.37. The van der Waals surface area contributed by atoms with Gasteiger partial charge in [-0.3, -0.25) is 4.79 Å². The van der Waals surface area contributed by atoms with E-state index in [0.29, 0.717) is 6.61 Å². The summed E-state index contributed by atoms with van der Waals surface area (Å²) in [5, 5.41) is 5.87. The minimum atomic E-state index is -0.0641. The van der Waals surface area contributed by atoms with Crippen LogP contribution in [0.1, 0.15) is 18.2 Å². The lowest BCUT2D eigenvalue weighted by atomic mass is 10.1. The van der Waals surface area contributed by atoms with E-state index in [0.717, 1.165) is 59.6 Å². The Morgan fingerprint density at radius 3 is 2.68 bits per heavy atom. The first-order valence-corrected chi connectivity index (χ1v) is 11.4. The van der Waals surface area contributed by atoms with Crippen molar-refractivity contribution < 1.29 is 14.3 Å². The highest BCUT2D eigenvalue weighted by Crippen LogP contribution is 2.27. The Labute approximate surface area is 186 Å². The number of carbonyl (C=O) groups excluding carboxylic acids is 1. The Morgan fingerprint density at radius 2 is 1.97 bits per heavy atom. The molecule has 2 heterocycles. The first-order chi connectivity index (χ1) is 15.1. The standard InChI is InChI=1S/C24H27N3O3S/c1-3-30-21-7-4-18(5-8-21)24-25-19(16-31-24)15-23(28)26-22-9-6-20(14-17(22)2)27-10-12-29-13-11-27/h4-9,14,16H,3,10-13,15H2,1-2H3,(H,26,28). The molecular formula is C24H27N3O3S. The number of rotatable bonds is 7. The average molecular weight is 438 g/mol. The molecule has 0 unspecified atom stereocenters. The van der Waals surface area contributed by atoms with Crippen molar-refractivity contribution in [3.63, 3.8) is 0 Å². The predicted molar refractivity (Wildman–Crippen MR) is 125 cm³/mol. The van der Waals surface area contributed by atoms with Crippen molar-refractivity contribution in [2.75, 3.05) is 43.1 Å². The second-order valence-corrected chi connectivity index (χ2v) is 8.28. The van der Waals surface area contributed by atoms with Crippen LogP contribution >= 0.6 is 11.3 Å². The van der Waals surface area contributed by atoms with Crippen LogP contribution in [0.3, 0.4) is 0 Å². The second kappa shape index (κ2) is 9.94. The van der Waals surface area contributed by atoms with Crippen LogP contribution in [0.15, 0.2) is 47.8 Å². The third-order valence-corrected chi connectivity index (χ3v) is 6.11. The quantitative estimate of drug-likeness (QED) is 0.588. The molecule has 1 saturated heterocycles. The molecule has 1 amide bonds. The molecule has 7 heteroatoms. The van der Waals surface area contributed by atoms with Crippen LogP contribution in [0.2, 0.25) is 0 Å². The maximum Gasteiger partial charge on any atom is 0.230 e. The van der Waals surface area contributed by atoms with E-state index in [1.165, 1.54) is 5.69 Å². The number of carbonyl (C=O) groups is 1. The molecule has 0 aliphatic carbocycles. The number of hydrogen-bond donors (Lipinski definition) is 1. The number of ether oxygens (including phenoxy) is 2. The van der Waals surface area contributed by atoms with Crippen molar-refractivity contribution in [3.8, 4) is 16.3 Å². The van der Waals surface area contributed by atoms with Gasteiger partial charge >= 0.3 is 0 Å². The molecule has 0 spiro atoms. The van der Waals surface area contributed by atoms with E-state index in [4.69, 9.17) is 9.47 Å². The average Bonchev–Trinajstić information content (AvgIpc) is 3.25. The van der Waals surface area contributed by atoms with Crippen LogP contribution in [0.25, 0.3) is 10.6 Å². The Morgan fingerprint density at radius 1 is 1.19 bits per heavy atom. The van der Waals surface area contributed by atoms with Crippen molar-refractivity contribution in [2.24, 2.45) is 0 Å². The van der Waals surface area contributed by atoms with Crippen molar-refractivity contribution in [3.05, 3.63) is 59.1 Å². The highest BCUT2D eigenvalue weighted by molar-refractivity contribution is 7.13. The van der Waals surface area contributed by atoms with Crippen LogP contribution in [0, 0.1) is 6.92 Å². The van der Waals surface area contributed by atoms with Crippen molar-refractivity contribution in [1.29, 1.82) is 0 Å². The molecule has 1 aliphatic rings. The van der Waals surface area contributed by atoms with Gasteiger partial charge in [-0.1, -0.05) is 0 Å². The summed E-state index contributed by atoms with van der Waals surface area (Å²) >= 11 is 1.54. The van der Waals surface area contributed by atoms with Gasteiger partial charge < -0.3 is 19.7 Å². The molecule has 1 fully saturated rings. The number of hydrogen-bond acceptors (Lipinski definition) is 6. The molecule has 1 aromatic heterocycles. The molecule has 3 aromatic rings. The number of benzene rings is 2. The molecule has 31 heavy (non-hydrogen) atoms. The van der Waals surface area contributed by atoms with Gasteiger partial charge in [-0.25, -0.2) is 4.98 Å². The zero-order valence-electron chi connectivity index (χ0n) is 17.9. The number of thiazole rings is 1. The molecule has 0 saturated carbocycles. The molecular weight excluding hydrogens is 410 g/mol. The lowest BCUT2D eigenvalue weighted by Crippen LogP contribution is -2.36. The van der Waals surface area contributed by atoms with Crippen LogP contribution in [-0.4, -0.2) is 43.8 Å². The zero-order chi connectivity index (χ0) is 21.6. The van der Waals surface area contributed by atoms with Gasteiger partial charge in [-0.15, -0.1) is 11.3 Å². The molecule has 6 nitrogen and oxygen atoms in total. The summed E-state index contributed by atoms with van der Waals surface area (Å²) in [6.45, 7) is 7.93. The highest BCUT2D eigenvalue weighted by Gasteiger charge is 2.14. The number of amides is 1. The molecule has 4 rings (SSSR count). The van der Waals surface area contributed by atoms with E-state index < -0.39 is 0 Å². The number of anilines is 2. The Hall–Kier alpha value is -2.90.